The molecule has 0 saturated carbocycles. The number of fused-ring (bicyclic) bond motifs is 4. The van der Waals surface area contributed by atoms with E-state index < -0.39 is 0 Å². The van der Waals surface area contributed by atoms with Crippen molar-refractivity contribution in [2.45, 2.75) is 64.5 Å². The summed E-state index contributed by atoms with van der Waals surface area (Å²) in [5, 5.41) is 10.00. The SMILES string of the molecule is CC(C)CC[C@H]1[C@H]2C[C@H](CN(c3nnc(N)s3)C2)[C@@H]2CCCCN21. The Kier molecular flexibility index (Phi) is 4.69. The minimum Gasteiger partial charge on any atom is -0.374 e. The molecule has 0 radical (unpaired) electrons. The molecule has 2 N–H and O–H groups in total. The van der Waals surface area contributed by atoms with Crippen molar-refractivity contribution in [2.24, 2.45) is 17.8 Å². The molecule has 0 amide bonds. The molecule has 6 heteroatoms. The summed E-state index contributed by atoms with van der Waals surface area (Å²) < 4.78 is 0. The van der Waals surface area contributed by atoms with Crippen molar-refractivity contribution in [1.82, 2.24) is 15.1 Å². The Hall–Kier alpha value is -0.880. The summed E-state index contributed by atoms with van der Waals surface area (Å²) in [4.78, 5) is 5.40. The molecule has 3 saturated heterocycles. The maximum absolute atomic E-state index is 5.83. The van der Waals surface area contributed by atoms with E-state index in [4.69, 9.17) is 5.73 Å². The first-order valence-electron chi connectivity index (χ1n) is 9.71. The summed E-state index contributed by atoms with van der Waals surface area (Å²) in [7, 11) is 0. The smallest absolute Gasteiger partial charge is 0.210 e. The normalized spacial score (nSPS) is 33.7. The number of nitrogens with two attached hydrogens (primary N) is 1. The fourth-order valence-corrected chi connectivity index (χ4v) is 5.95. The van der Waals surface area contributed by atoms with Crippen LogP contribution in [0.5, 0.6) is 0 Å². The molecule has 0 spiro atoms. The van der Waals surface area contributed by atoms with E-state index in [1.165, 1.54) is 45.1 Å². The zero-order valence-corrected chi connectivity index (χ0v) is 15.8. The third kappa shape index (κ3) is 3.15. The van der Waals surface area contributed by atoms with Gasteiger partial charge < -0.3 is 10.6 Å². The highest BCUT2D eigenvalue weighted by atomic mass is 32.1. The first kappa shape index (κ1) is 16.6. The van der Waals surface area contributed by atoms with Crippen molar-refractivity contribution in [1.29, 1.82) is 0 Å². The predicted octanol–water partition coefficient (Wildman–Crippen LogP) is 3.24. The number of piperidine rings is 3. The Morgan fingerprint density at radius 2 is 2.04 bits per heavy atom. The highest BCUT2D eigenvalue weighted by Gasteiger charge is 2.47. The van der Waals surface area contributed by atoms with Gasteiger partial charge in [-0.25, -0.2) is 0 Å². The molecule has 3 aliphatic rings. The average Bonchev–Trinajstić information content (AvgIpc) is 3.01. The summed E-state index contributed by atoms with van der Waals surface area (Å²) in [6.45, 7) is 8.32. The first-order valence-corrected chi connectivity index (χ1v) is 10.5. The number of rotatable bonds is 4. The summed E-state index contributed by atoms with van der Waals surface area (Å²) in [6.07, 6.45) is 8.31. The van der Waals surface area contributed by atoms with Gasteiger partial charge in [0.25, 0.3) is 0 Å². The Morgan fingerprint density at radius 1 is 1.21 bits per heavy atom. The van der Waals surface area contributed by atoms with Crippen LogP contribution >= 0.6 is 11.3 Å². The Labute approximate surface area is 149 Å². The van der Waals surface area contributed by atoms with Crippen LogP contribution in [0, 0.1) is 17.8 Å². The van der Waals surface area contributed by atoms with Gasteiger partial charge in [-0.15, -0.1) is 10.2 Å². The van der Waals surface area contributed by atoms with Gasteiger partial charge in [0.15, 0.2) is 0 Å². The molecule has 0 aromatic carbocycles. The van der Waals surface area contributed by atoms with Gasteiger partial charge in [-0.2, -0.15) is 0 Å². The van der Waals surface area contributed by atoms with Gasteiger partial charge in [-0.1, -0.05) is 31.6 Å². The van der Waals surface area contributed by atoms with E-state index in [2.05, 4.69) is 33.8 Å². The molecular weight excluding hydrogens is 318 g/mol. The quantitative estimate of drug-likeness (QED) is 0.904. The number of nitrogen functional groups attached to an aromatic ring is 1. The van der Waals surface area contributed by atoms with Gasteiger partial charge in [0.1, 0.15) is 0 Å². The Bertz CT molecular complexity index is 559. The second-order valence-electron chi connectivity index (χ2n) is 8.42. The lowest BCUT2D eigenvalue weighted by Crippen LogP contribution is -2.63. The van der Waals surface area contributed by atoms with Crippen LogP contribution in [0.3, 0.4) is 0 Å². The standard InChI is InChI=1S/C18H31N5S/c1-12(2)6-7-16-14-9-13(15-5-3-4-8-23(15)16)10-22(11-14)18-21-20-17(19)24-18/h12-16H,3-11H2,1-2H3,(H2,19,20)/t13-,14+,15+,16+/m1/s1. The molecule has 4 atom stereocenters. The van der Waals surface area contributed by atoms with Gasteiger partial charge in [-0.05, 0) is 56.4 Å². The molecule has 134 valence electrons. The van der Waals surface area contributed by atoms with Gasteiger partial charge >= 0.3 is 0 Å². The summed E-state index contributed by atoms with van der Waals surface area (Å²) in [5.74, 6) is 2.38. The molecule has 1 aromatic heterocycles. The number of hydrogen-bond acceptors (Lipinski definition) is 6. The largest absolute Gasteiger partial charge is 0.374 e. The van der Waals surface area contributed by atoms with E-state index in [1.54, 1.807) is 11.3 Å². The number of aromatic nitrogens is 2. The van der Waals surface area contributed by atoms with Gasteiger partial charge in [0.05, 0.1) is 0 Å². The van der Waals surface area contributed by atoms with Crippen molar-refractivity contribution in [3.05, 3.63) is 0 Å². The van der Waals surface area contributed by atoms with Crippen molar-refractivity contribution in [3.63, 3.8) is 0 Å². The van der Waals surface area contributed by atoms with Gasteiger partial charge in [0.2, 0.25) is 10.3 Å². The zero-order valence-electron chi connectivity index (χ0n) is 15.0. The molecule has 5 nitrogen and oxygen atoms in total. The number of hydrogen-bond donors (Lipinski definition) is 1. The van der Waals surface area contributed by atoms with E-state index in [9.17, 15) is 0 Å². The molecule has 3 aliphatic heterocycles. The van der Waals surface area contributed by atoms with Crippen LogP contribution in [0.2, 0.25) is 0 Å². The van der Waals surface area contributed by atoms with Crippen LogP contribution in [-0.2, 0) is 0 Å². The third-order valence-electron chi connectivity index (χ3n) is 6.36. The van der Waals surface area contributed by atoms with E-state index in [-0.39, 0.29) is 0 Å². The van der Waals surface area contributed by atoms with Crippen LogP contribution in [0.15, 0.2) is 0 Å². The predicted molar refractivity (Wildman–Crippen MR) is 100 cm³/mol. The van der Waals surface area contributed by atoms with Gasteiger partial charge in [-0.3, -0.25) is 4.90 Å². The van der Waals surface area contributed by atoms with Crippen LogP contribution in [0.4, 0.5) is 10.3 Å². The topological polar surface area (TPSA) is 58.3 Å². The Morgan fingerprint density at radius 3 is 2.79 bits per heavy atom. The molecule has 3 fully saturated rings. The third-order valence-corrected chi connectivity index (χ3v) is 7.18. The molecule has 4 heterocycles. The Balaban J connectivity index is 1.55. The minimum absolute atomic E-state index is 0.594. The van der Waals surface area contributed by atoms with Crippen molar-refractivity contribution < 1.29 is 0 Å². The second kappa shape index (κ2) is 6.79. The molecule has 0 aliphatic carbocycles. The van der Waals surface area contributed by atoms with Crippen LogP contribution in [0.1, 0.15) is 52.4 Å². The summed E-state index contributed by atoms with van der Waals surface area (Å²) in [5.41, 5.74) is 5.83. The van der Waals surface area contributed by atoms with Crippen LogP contribution in [0.25, 0.3) is 0 Å². The molecular formula is C18H31N5S. The van der Waals surface area contributed by atoms with Crippen molar-refractivity contribution in [2.75, 3.05) is 30.3 Å². The fraction of sp³-hybridized carbons (Fsp3) is 0.889. The van der Waals surface area contributed by atoms with Gasteiger partial charge in [0, 0.05) is 25.2 Å². The molecule has 0 unspecified atom stereocenters. The summed E-state index contributed by atoms with van der Waals surface area (Å²) >= 11 is 1.55. The monoisotopic (exact) mass is 349 g/mol. The minimum atomic E-state index is 0.594. The lowest BCUT2D eigenvalue weighted by molar-refractivity contribution is -0.0368. The molecule has 1 aromatic rings. The number of nitrogens with zero attached hydrogens (tertiary/aromatic N) is 4. The van der Waals surface area contributed by atoms with Crippen LogP contribution < -0.4 is 10.6 Å². The fourth-order valence-electron chi connectivity index (χ4n) is 5.32. The first-order chi connectivity index (χ1) is 11.6. The number of anilines is 2. The lowest BCUT2D eigenvalue weighted by atomic mass is 9.71. The highest BCUT2D eigenvalue weighted by Crippen LogP contribution is 2.44. The zero-order chi connectivity index (χ0) is 16.7. The van der Waals surface area contributed by atoms with E-state index in [0.29, 0.717) is 5.13 Å². The maximum Gasteiger partial charge on any atom is 0.210 e. The molecule has 24 heavy (non-hydrogen) atoms. The van der Waals surface area contributed by atoms with Crippen LogP contribution in [-0.4, -0.2) is 46.8 Å². The molecule has 2 bridgehead atoms. The van der Waals surface area contributed by atoms with Crippen molar-refractivity contribution in [3.8, 4) is 0 Å². The highest BCUT2D eigenvalue weighted by molar-refractivity contribution is 7.18. The summed E-state index contributed by atoms with van der Waals surface area (Å²) in [6, 6.07) is 1.56. The van der Waals surface area contributed by atoms with E-state index in [0.717, 1.165) is 48.1 Å². The maximum atomic E-state index is 5.83. The van der Waals surface area contributed by atoms with Crippen molar-refractivity contribution >= 4 is 21.6 Å². The second-order valence-corrected chi connectivity index (χ2v) is 9.41. The lowest BCUT2D eigenvalue weighted by Gasteiger charge is -2.57. The van der Waals surface area contributed by atoms with E-state index in [1.807, 2.05) is 0 Å². The molecule has 4 rings (SSSR count). The average molecular weight is 350 g/mol. The van der Waals surface area contributed by atoms with E-state index >= 15 is 0 Å².